The van der Waals surface area contributed by atoms with Crippen molar-refractivity contribution < 1.29 is 9.32 Å². The van der Waals surface area contributed by atoms with Gasteiger partial charge in [-0.15, -0.1) is 11.3 Å². The zero-order chi connectivity index (χ0) is 16.4. The van der Waals surface area contributed by atoms with Crippen molar-refractivity contribution in [2.45, 2.75) is 13.0 Å². The predicted octanol–water partition coefficient (Wildman–Crippen LogP) is 1.05. The van der Waals surface area contributed by atoms with Gasteiger partial charge >= 0.3 is 0 Å². The van der Waals surface area contributed by atoms with E-state index >= 15 is 0 Å². The van der Waals surface area contributed by atoms with E-state index in [1.807, 2.05) is 22.4 Å². The minimum absolute atomic E-state index is 0.167. The van der Waals surface area contributed by atoms with Crippen molar-refractivity contribution >= 4 is 17.2 Å². The average molecular weight is 347 g/mol. The zero-order valence-electron chi connectivity index (χ0n) is 13.5. The Balaban J connectivity index is 1.29. The van der Waals surface area contributed by atoms with Crippen molar-refractivity contribution in [2.24, 2.45) is 5.92 Å². The summed E-state index contributed by atoms with van der Waals surface area (Å²) in [5.74, 6) is 1.76. The third kappa shape index (κ3) is 3.35. The van der Waals surface area contributed by atoms with E-state index in [1.165, 1.54) is 0 Å². The molecule has 1 atom stereocenters. The Hall–Kier alpha value is -1.77. The summed E-state index contributed by atoms with van der Waals surface area (Å²) in [6, 6.07) is 3.97. The quantitative estimate of drug-likeness (QED) is 0.891. The lowest BCUT2D eigenvalue weighted by molar-refractivity contribution is -0.136. The van der Waals surface area contributed by atoms with Crippen molar-refractivity contribution in [1.82, 2.24) is 25.3 Å². The first kappa shape index (κ1) is 15.7. The molecule has 0 aliphatic carbocycles. The van der Waals surface area contributed by atoms with Crippen molar-refractivity contribution in [3.05, 3.63) is 23.4 Å². The molecule has 0 saturated carbocycles. The number of rotatable bonds is 4. The van der Waals surface area contributed by atoms with Crippen LogP contribution in [0.15, 0.2) is 22.0 Å². The van der Waals surface area contributed by atoms with Crippen LogP contribution in [0, 0.1) is 5.92 Å². The van der Waals surface area contributed by atoms with E-state index in [4.69, 9.17) is 4.52 Å². The molecule has 1 amide bonds. The summed E-state index contributed by atoms with van der Waals surface area (Å²) in [7, 11) is 0. The summed E-state index contributed by atoms with van der Waals surface area (Å²) < 4.78 is 5.36. The molecule has 4 heterocycles. The number of amides is 1. The lowest BCUT2D eigenvalue weighted by atomic mass is 10.1. The molecule has 2 fully saturated rings. The first-order valence-electron chi connectivity index (χ1n) is 8.38. The molecule has 7 nitrogen and oxygen atoms in total. The van der Waals surface area contributed by atoms with E-state index < -0.39 is 0 Å². The number of nitrogens with zero attached hydrogens (tertiary/aromatic N) is 4. The largest absolute Gasteiger partial charge is 0.340 e. The van der Waals surface area contributed by atoms with Crippen LogP contribution in [0.3, 0.4) is 0 Å². The zero-order valence-corrected chi connectivity index (χ0v) is 14.3. The Morgan fingerprint density at radius 2 is 2.25 bits per heavy atom. The Labute approximate surface area is 144 Å². The maximum atomic E-state index is 12.4. The summed E-state index contributed by atoms with van der Waals surface area (Å²) in [5.41, 5.74) is 0. The van der Waals surface area contributed by atoms with Crippen LogP contribution in [0.5, 0.6) is 0 Å². The van der Waals surface area contributed by atoms with Gasteiger partial charge in [0.1, 0.15) is 0 Å². The van der Waals surface area contributed by atoms with Crippen LogP contribution in [0.4, 0.5) is 0 Å². The summed E-state index contributed by atoms with van der Waals surface area (Å²) in [6.45, 7) is 5.69. The van der Waals surface area contributed by atoms with Gasteiger partial charge in [-0.3, -0.25) is 9.69 Å². The molecule has 0 aromatic carbocycles. The van der Waals surface area contributed by atoms with Gasteiger partial charge in [0.2, 0.25) is 17.6 Å². The van der Waals surface area contributed by atoms with Gasteiger partial charge in [0.05, 0.1) is 17.3 Å². The van der Waals surface area contributed by atoms with Crippen molar-refractivity contribution in [1.29, 1.82) is 0 Å². The normalized spacial score (nSPS) is 22.2. The molecule has 0 spiro atoms. The van der Waals surface area contributed by atoms with Gasteiger partial charge in [0.15, 0.2) is 0 Å². The Morgan fingerprint density at radius 1 is 1.38 bits per heavy atom. The van der Waals surface area contributed by atoms with Crippen molar-refractivity contribution in [3.8, 4) is 10.7 Å². The molecular weight excluding hydrogens is 326 g/mol. The van der Waals surface area contributed by atoms with E-state index in [-0.39, 0.29) is 5.92 Å². The molecule has 2 aliphatic rings. The van der Waals surface area contributed by atoms with Crippen LogP contribution in [-0.2, 0) is 11.3 Å². The number of carbonyl (C=O) groups excluding carboxylic acids is 1. The summed E-state index contributed by atoms with van der Waals surface area (Å²) >= 11 is 1.60. The maximum Gasteiger partial charge on any atom is 0.241 e. The minimum Gasteiger partial charge on any atom is -0.340 e. The number of thiophene rings is 1. The smallest absolute Gasteiger partial charge is 0.241 e. The van der Waals surface area contributed by atoms with E-state index in [1.54, 1.807) is 11.3 Å². The van der Waals surface area contributed by atoms with Crippen LogP contribution in [-0.4, -0.2) is 65.1 Å². The highest BCUT2D eigenvalue weighted by molar-refractivity contribution is 7.13. The van der Waals surface area contributed by atoms with E-state index in [2.05, 4.69) is 20.4 Å². The molecule has 2 aromatic rings. The maximum absolute atomic E-state index is 12.4. The molecule has 4 rings (SSSR count). The molecule has 8 heteroatoms. The Morgan fingerprint density at radius 3 is 2.96 bits per heavy atom. The molecule has 1 N–H and O–H groups in total. The number of aromatic nitrogens is 2. The van der Waals surface area contributed by atoms with E-state index in [0.717, 1.165) is 50.6 Å². The highest BCUT2D eigenvalue weighted by atomic mass is 32.1. The van der Waals surface area contributed by atoms with Crippen molar-refractivity contribution in [3.63, 3.8) is 0 Å². The summed E-state index contributed by atoms with van der Waals surface area (Å²) in [6.07, 6.45) is 0.965. The van der Waals surface area contributed by atoms with Crippen LogP contribution >= 0.6 is 11.3 Å². The topological polar surface area (TPSA) is 74.5 Å². The molecule has 0 radical (unpaired) electrons. The number of carbonyl (C=O) groups is 1. The number of piperazine rings is 1. The second kappa shape index (κ2) is 7.00. The molecule has 128 valence electrons. The molecule has 2 saturated heterocycles. The molecule has 2 aromatic heterocycles. The number of hydrogen-bond acceptors (Lipinski definition) is 7. The summed E-state index contributed by atoms with van der Waals surface area (Å²) in [4.78, 5) is 22.2. The lowest BCUT2D eigenvalue weighted by Gasteiger charge is -2.35. The SMILES string of the molecule is O=C(C1CCNC1)N1CCN(Cc2nc(-c3cccs3)no2)CC1. The monoisotopic (exact) mass is 347 g/mol. The van der Waals surface area contributed by atoms with Crippen molar-refractivity contribution in [2.75, 3.05) is 39.3 Å². The fraction of sp³-hybridized carbons (Fsp3) is 0.562. The van der Waals surface area contributed by atoms with Gasteiger partial charge in [-0.05, 0) is 24.4 Å². The van der Waals surface area contributed by atoms with Gasteiger partial charge in [0, 0.05) is 32.7 Å². The van der Waals surface area contributed by atoms with Gasteiger partial charge < -0.3 is 14.7 Å². The predicted molar refractivity (Wildman–Crippen MR) is 90.4 cm³/mol. The minimum atomic E-state index is 0.167. The van der Waals surface area contributed by atoms with Crippen LogP contribution in [0.1, 0.15) is 12.3 Å². The fourth-order valence-corrected chi connectivity index (χ4v) is 3.92. The first-order chi connectivity index (χ1) is 11.8. The van der Waals surface area contributed by atoms with Gasteiger partial charge in [-0.1, -0.05) is 11.2 Å². The van der Waals surface area contributed by atoms with E-state index in [9.17, 15) is 4.79 Å². The lowest BCUT2D eigenvalue weighted by Crippen LogP contribution is -2.50. The molecular formula is C16H21N5O2S. The van der Waals surface area contributed by atoms with Crippen LogP contribution in [0.25, 0.3) is 10.7 Å². The van der Waals surface area contributed by atoms with Crippen LogP contribution in [0.2, 0.25) is 0 Å². The average Bonchev–Trinajstić information content (AvgIpc) is 3.36. The standard InChI is InChI=1S/C16H21N5O2S/c22-16(12-3-4-17-10-12)21-7-5-20(6-8-21)11-14-18-15(19-23-14)13-2-1-9-24-13/h1-2,9,12,17H,3-8,10-11H2. The van der Waals surface area contributed by atoms with Gasteiger partial charge in [-0.25, -0.2) is 0 Å². The van der Waals surface area contributed by atoms with E-state index in [0.29, 0.717) is 24.2 Å². The molecule has 2 aliphatic heterocycles. The number of hydrogen-bond donors (Lipinski definition) is 1. The number of nitrogens with one attached hydrogen (secondary N) is 1. The second-order valence-corrected chi connectivity index (χ2v) is 7.23. The van der Waals surface area contributed by atoms with Crippen LogP contribution < -0.4 is 5.32 Å². The molecule has 24 heavy (non-hydrogen) atoms. The Kier molecular flexibility index (Phi) is 4.59. The third-order valence-corrected chi connectivity index (χ3v) is 5.53. The molecule has 0 bridgehead atoms. The third-order valence-electron chi connectivity index (χ3n) is 4.66. The first-order valence-corrected chi connectivity index (χ1v) is 9.26. The highest BCUT2D eigenvalue weighted by Crippen LogP contribution is 2.22. The van der Waals surface area contributed by atoms with Gasteiger partial charge in [-0.2, -0.15) is 4.98 Å². The second-order valence-electron chi connectivity index (χ2n) is 6.28. The summed E-state index contributed by atoms with van der Waals surface area (Å²) in [5, 5.41) is 9.31. The fourth-order valence-electron chi connectivity index (χ4n) is 3.27. The highest BCUT2D eigenvalue weighted by Gasteiger charge is 2.29. The Bertz CT molecular complexity index is 672. The van der Waals surface area contributed by atoms with Gasteiger partial charge in [0.25, 0.3) is 0 Å². The molecule has 1 unspecified atom stereocenters.